The number of carboxylic acids is 1. The van der Waals surface area contributed by atoms with E-state index in [1.54, 1.807) is 19.9 Å². The van der Waals surface area contributed by atoms with Gasteiger partial charge >= 0.3 is 5.97 Å². The van der Waals surface area contributed by atoms with Crippen LogP contribution in [0.1, 0.15) is 22.8 Å². The van der Waals surface area contributed by atoms with E-state index < -0.39 is 16.0 Å². The number of benzene rings is 1. The lowest BCUT2D eigenvalue weighted by molar-refractivity contribution is 0.0697. The highest BCUT2D eigenvalue weighted by Crippen LogP contribution is 2.24. The van der Waals surface area contributed by atoms with Crippen LogP contribution in [0.25, 0.3) is 0 Å². The van der Waals surface area contributed by atoms with Gasteiger partial charge in [0.05, 0.1) is 17.5 Å². The van der Waals surface area contributed by atoms with Crippen molar-refractivity contribution in [3.05, 3.63) is 29.3 Å². The summed E-state index contributed by atoms with van der Waals surface area (Å²) in [6.07, 6.45) is 1.06. The van der Waals surface area contributed by atoms with Crippen LogP contribution in [0.5, 0.6) is 0 Å². The number of anilines is 1. The van der Waals surface area contributed by atoms with Gasteiger partial charge in [0.25, 0.3) is 0 Å². The van der Waals surface area contributed by atoms with Crippen LogP contribution in [-0.2, 0) is 10.0 Å². The minimum atomic E-state index is -3.47. The first-order valence-electron chi connectivity index (χ1n) is 5.09. The van der Waals surface area contributed by atoms with Crippen molar-refractivity contribution in [3.63, 3.8) is 0 Å². The summed E-state index contributed by atoms with van der Waals surface area (Å²) in [6, 6.07) is 4.67. The van der Waals surface area contributed by atoms with Crippen LogP contribution in [0.2, 0.25) is 0 Å². The van der Waals surface area contributed by atoms with E-state index >= 15 is 0 Å². The second-order valence-electron chi connectivity index (χ2n) is 3.75. The van der Waals surface area contributed by atoms with Gasteiger partial charge in [0, 0.05) is 6.54 Å². The summed E-state index contributed by atoms with van der Waals surface area (Å²) < 4.78 is 24.2. The maximum absolute atomic E-state index is 11.6. The highest BCUT2D eigenvalue weighted by atomic mass is 32.2. The van der Waals surface area contributed by atoms with Gasteiger partial charge in [0.1, 0.15) is 0 Å². The van der Waals surface area contributed by atoms with E-state index in [0.29, 0.717) is 0 Å². The molecule has 0 bridgehead atoms. The fourth-order valence-electron chi connectivity index (χ4n) is 1.62. The van der Waals surface area contributed by atoms with E-state index in [4.69, 9.17) is 5.11 Å². The van der Waals surface area contributed by atoms with Gasteiger partial charge in [-0.1, -0.05) is 11.6 Å². The Morgan fingerprint density at radius 3 is 2.41 bits per heavy atom. The van der Waals surface area contributed by atoms with Gasteiger partial charge in [-0.15, -0.1) is 0 Å². The Labute approximate surface area is 101 Å². The maximum atomic E-state index is 11.6. The number of nitrogens with zero attached hydrogens (tertiary/aromatic N) is 1. The molecule has 0 saturated carbocycles. The third-order valence-electron chi connectivity index (χ3n) is 2.34. The molecule has 1 aromatic carbocycles. The second kappa shape index (κ2) is 4.75. The van der Waals surface area contributed by atoms with Crippen molar-refractivity contribution in [3.8, 4) is 0 Å². The summed E-state index contributed by atoms with van der Waals surface area (Å²) in [5, 5.41) is 9.08. The van der Waals surface area contributed by atoms with Gasteiger partial charge < -0.3 is 5.11 Å². The molecule has 5 nitrogen and oxygen atoms in total. The molecule has 0 spiro atoms. The molecule has 0 atom stereocenters. The lowest BCUT2D eigenvalue weighted by Gasteiger charge is -2.22. The van der Waals surface area contributed by atoms with Gasteiger partial charge in [-0.2, -0.15) is 0 Å². The van der Waals surface area contributed by atoms with Crippen LogP contribution in [-0.4, -0.2) is 32.3 Å². The van der Waals surface area contributed by atoms with Crippen molar-refractivity contribution in [1.29, 1.82) is 0 Å². The van der Waals surface area contributed by atoms with Crippen LogP contribution in [0.4, 0.5) is 5.69 Å². The Kier molecular flexibility index (Phi) is 3.77. The van der Waals surface area contributed by atoms with Crippen LogP contribution >= 0.6 is 0 Å². The van der Waals surface area contributed by atoms with Crippen molar-refractivity contribution >= 4 is 21.7 Å². The van der Waals surface area contributed by atoms with Crippen molar-refractivity contribution in [2.45, 2.75) is 13.8 Å². The highest BCUT2D eigenvalue weighted by Gasteiger charge is 2.21. The lowest BCUT2D eigenvalue weighted by Crippen LogP contribution is -2.30. The molecule has 0 aliphatic heterocycles. The Morgan fingerprint density at radius 2 is 2.00 bits per heavy atom. The summed E-state index contributed by atoms with van der Waals surface area (Å²) >= 11 is 0. The summed E-state index contributed by atoms with van der Waals surface area (Å²) in [6.45, 7) is 3.61. The second-order valence-corrected chi connectivity index (χ2v) is 5.66. The predicted molar refractivity (Wildman–Crippen MR) is 66.0 cm³/mol. The van der Waals surface area contributed by atoms with Crippen LogP contribution in [0, 0.1) is 6.92 Å². The number of hydrogen-bond acceptors (Lipinski definition) is 3. The molecule has 0 fully saturated rings. The monoisotopic (exact) mass is 257 g/mol. The molecule has 17 heavy (non-hydrogen) atoms. The van der Waals surface area contributed by atoms with E-state index in [9.17, 15) is 13.2 Å². The molecule has 0 saturated heterocycles. The first-order chi connectivity index (χ1) is 7.77. The van der Waals surface area contributed by atoms with Gasteiger partial charge in [-0.3, -0.25) is 4.31 Å². The van der Waals surface area contributed by atoms with Crippen LogP contribution < -0.4 is 4.31 Å². The molecule has 0 radical (unpaired) electrons. The van der Waals surface area contributed by atoms with Crippen molar-refractivity contribution < 1.29 is 18.3 Å². The molecule has 0 amide bonds. The number of rotatable bonds is 4. The van der Waals surface area contributed by atoms with Crippen LogP contribution in [0.15, 0.2) is 18.2 Å². The van der Waals surface area contributed by atoms with Gasteiger partial charge in [-0.05, 0) is 26.0 Å². The third kappa shape index (κ3) is 2.97. The number of carboxylic acid groups (broad SMARTS) is 1. The maximum Gasteiger partial charge on any atom is 0.337 e. The molecule has 94 valence electrons. The molecule has 0 aromatic heterocycles. The minimum Gasteiger partial charge on any atom is -0.478 e. The molecular weight excluding hydrogens is 242 g/mol. The van der Waals surface area contributed by atoms with E-state index in [-0.39, 0.29) is 17.8 Å². The number of aryl methyl sites for hydroxylation is 1. The average Bonchev–Trinajstić information content (AvgIpc) is 2.18. The predicted octanol–water partition coefficient (Wildman–Crippen LogP) is 1.48. The number of carbonyl (C=O) groups is 1. The standard InChI is InChI=1S/C11H15NO4S/c1-4-12(17(3,15)16)10-6-5-8(2)7-9(10)11(13)14/h5-7H,4H2,1-3H3,(H,13,14). The SMILES string of the molecule is CCN(c1ccc(C)cc1C(=O)O)S(C)(=O)=O. The van der Waals surface area contributed by atoms with Gasteiger partial charge in [0.2, 0.25) is 10.0 Å². The highest BCUT2D eigenvalue weighted by molar-refractivity contribution is 7.92. The number of hydrogen-bond donors (Lipinski definition) is 1. The average molecular weight is 257 g/mol. The Bertz CT molecular complexity index is 536. The molecule has 0 aliphatic carbocycles. The van der Waals surface area contributed by atoms with E-state index in [2.05, 4.69) is 0 Å². The van der Waals surface area contributed by atoms with Crippen molar-refractivity contribution in [2.75, 3.05) is 17.1 Å². The number of sulfonamides is 1. The molecule has 6 heteroatoms. The van der Waals surface area contributed by atoms with Crippen molar-refractivity contribution in [1.82, 2.24) is 0 Å². The summed E-state index contributed by atoms with van der Waals surface area (Å²) in [7, 11) is -3.47. The topological polar surface area (TPSA) is 74.7 Å². The third-order valence-corrected chi connectivity index (χ3v) is 3.59. The Balaban J connectivity index is 3.44. The Morgan fingerprint density at radius 1 is 1.41 bits per heavy atom. The van der Waals surface area contributed by atoms with E-state index in [1.165, 1.54) is 12.1 Å². The summed E-state index contributed by atoms with van der Waals surface area (Å²) in [5.41, 5.74) is 0.973. The van der Waals surface area contributed by atoms with Crippen LogP contribution in [0.3, 0.4) is 0 Å². The fourth-order valence-corrected chi connectivity index (χ4v) is 2.61. The minimum absolute atomic E-state index is 0.00252. The van der Waals surface area contributed by atoms with Gasteiger partial charge in [0.15, 0.2) is 0 Å². The normalized spacial score (nSPS) is 11.2. The first kappa shape index (κ1) is 13.5. The van der Waals surface area contributed by atoms with Crippen molar-refractivity contribution in [2.24, 2.45) is 0 Å². The first-order valence-corrected chi connectivity index (χ1v) is 6.94. The zero-order valence-corrected chi connectivity index (χ0v) is 10.8. The Hall–Kier alpha value is -1.56. The van der Waals surface area contributed by atoms with Gasteiger partial charge in [-0.25, -0.2) is 13.2 Å². The molecule has 0 aliphatic rings. The molecule has 0 unspecified atom stereocenters. The smallest absolute Gasteiger partial charge is 0.337 e. The molecule has 0 heterocycles. The lowest BCUT2D eigenvalue weighted by atomic mass is 10.1. The number of aromatic carboxylic acids is 1. The molecular formula is C11H15NO4S. The molecule has 1 rings (SSSR count). The fraction of sp³-hybridized carbons (Fsp3) is 0.364. The van der Waals surface area contributed by atoms with E-state index in [1.807, 2.05) is 0 Å². The molecule has 1 aromatic rings. The zero-order valence-electron chi connectivity index (χ0n) is 9.97. The zero-order chi connectivity index (χ0) is 13.2. The summed E-state index contributed by atoms with van der Waals surface area (Å²) in [5.74, 6) is -1.13. The quantitative estimate of drug-likeness (QED) is 0.886. The molecule has 1 N–H and O–H groups in total. The largest absolute Gasteiger partial charge is 0.478 e. The summed E-state index contributed by atoms with van der Waals surface area (Å²) in [4.78, 5) is 11.1. The van der Waals surface area contributed by atoms with E-state index in [0.717, 1.165) is 16.1 Å².